The van der Waals surface area contributed by atoms with E-state index >= 15 is 0 Å². The summed E-state index contributed by atoms with van der Waals surface area (Å²) in [6, 6.07) is 10.8. The van der Waals surface area contributed by atoms with Crippen LogP contribution in [-0.4, -0.2) is 38.2 Å². The lowest BCUT2D eigenvalue weighted by molar-refractivity contribution is -0.120. The average molecular weight is 422 g/mol. The Morgan fingerprint density at radius 3 is 2.71 bits per heavy atom. The molecule has 9 nitrogen and oxygen atoms in total. The molecule has 4 rings (SSSR count). The van der Waals surface area contributed by atoms with Gasteiger partial charge in [-0.2, -0.15) is 10.2 Å². The third-order valence-corrected chi connectivity index (χ3v) is 5.27. The average Bonchev–Trinajstić information content (AvgIpc) is 3.49. The van der Waals surface area contributed by atoms with Gasteiger partial charge in [-0.15, -0.1) is 0 Å². The van der Waals surface area contributed by atoms with Crippen LogP contribution in [0.3, 0.4) is 0 Å². The number of piperidine rings is 1. The van der Waals surface area contributed by atoms with Gasteiger partial charge in [0, 0.05) is 25.1 Å². The number of hydrogen-bond acceptors (Lipinski definition) is 8. The van der Waals surface area contributed by atoms with Crippen LogP contribution in [0, 0.1) is 17.2 Å². The number of ether oxygens (including phenoxy) is 2. The molecule has 9 heteroatoms. The molecule has 160 valence electrons. The lowest BCUT2D eigenvalue weighted by Gasteiger charge is -2.31. The van der Waals surface area contributed by atoms with Crippen molar-refractivity contribution in [2.45, 2.75) is 12.8 Å². The van der Waals surface area contributed by atoms with Crippen LogP contribution >= 0.6 is 0 Å². The van der Waals surface area contributed by atoms with Crippen molar-refractivity contribution in [3.05, 3.63) is 42.3 Å². The van der Waals surface area contributed by atoms with E-state index in [0.717, 1.165) is 0 Å². The Kier molecular flexibility index (Phi) is 5.80. The van der Waals surface area contributed by atoms with E-state index in [-0.39, 0.29) is 23.4 Å². The molecule has 1 aliphatic heterocycles. The topological polar surface area (TPSA) is 114 Å². The van der Waals surface area contributed by atoms with Gasteiger partial charge in [0.05, 0.1) is 26.2 Å². The summed E-state index contributed by atoms with van der Waals surface area (Å²) >= 11 is 0. The number of aromatic nitrogens is 1. The lowest BCUT2D eigenvalue weighted by Crippen LogP contribution is -2.38. The summed E-state index contributed by atoms with van der Waals surface area (Å²) in [5, 5.41) is 12.4. The minimum atomic E-state index is -0.166. The molecule has 1 fully saturated rings. The number of anilines is 2. The molecule has 0 radical (unpaired) electrons. The number of amides is 1. The minimum Gasteiger partial charge on any atom is -0.497 e. The van der Waals surface area contributed by atoms with Crippen molar-refractivity contribution in [3.63, 3.8) is 0 Å². The number of benzene rings is 1. The predicted molar refractivity (Wildman–Crippen MR) is 112 cm³/mol. The van der Waals surface area contributed by atoms with Crippen LogP contribution in [0.15, 0.2) is 45.4 Å². The van der Waals surface area contributed by atoms with E-state index < -0.39 is 0 Å². The number of hydrogen-bond donors (Lipinski definition) is 1. The maximum Gasteiger partial charge on any atom is 0.266 e. The number of carbonyl (C=O) groups is 1. The van der Waals surface area contributed by atoms with E-state index in [1.54, 1.807) is 44.6 Å². The number of nitrogens with one attached hydrogen (secondary N) is 1. The summed E-state index contributed by atoms with van der Waals surface area (Å²) in [6.07, 6.45) is 2.76. The number of oxazole rings is 1. The summed E-state index contributed by atoms with van der Waals surface area (Å²) in [6.45, 7) is 1.14. The Hall–Kier alpha value is -3.93. The summed E-state index contributed by atoms with van der Waals surface area (Å²) in [4.78, 5) is 19.0. The number of methoxy groups -OCH3 is 2. The van der Waals surface area contributed by atoms with Gasteiger partial charge in [-0.3, -0.25) is 4.79 Å². The van der Waals surface area contributed by atoms with Crippen LogP contribution < -0.4 is 19.7 Å². The van der Waals surface area contributed by atoms with E-state index in [0.29, 0.717) is 54.8 Å². The molecule has 2 aromatic heterocycles. The number of rotatable bonds is 6. The first-order valence-electron chi connectivity index (χ1n) is 9.85. The Morgan fingerprint density at radius 2 is 2.06 bits per heavy atom. The first-order valence-corrected chi connectivity index (χ1v) is 9.85. The number of nitrogens with zero attached hydrogens (tertiary/aromatic N) is 3. The largest absolute Gasteiger partial charge is 0.497 e. The van der Waals surface area contributed by atoms with E-state index in [1.807, 2.05) is 4.90 Å². The first-order chi connectivity index (χ1) is 15.1. The Morgan fingerprint density at radius 1 is 1.26 bits per heavy atom. The molecule has 1 aromatic carbocycles. The van der Waals surface area contributed by atoms with Crippen molar-refractivity contribution in [1.82, 2.24) is 4.98 Å². The quantitative estimate of drug-likeness (QED) is 0.640. The number of carbonyl (C=O) groups excluding carboxylic acids is 1. The SMILES string of the molecule is COc1ccc(NC(=O)C2CCN(c3oc(-c4ccco4)nc3C#N)CC2)c(OC)c1. The second-order valence-electron chi connectivity index (χ2n) is 7.08. The number of nitriles is 1. The highest BCUT2D eigenvalue weighted by Gasteiger charge is 2.29. The van der Waals surface area contributed by atoms with Crippen molar-refractivity contribution in [1.29, 1.82) is 5.26 Å². The van der Waals surface area contributed by atoms with Crippen LogP contribution in [0.5, 0.6) is 11.5 Å². The van der Waals surface area contributed by atoms with Gasteiger partial charge < -0.3 is 28.5 Å². The second-order valence-corrected chi connectivity index (χ2v) is 7.08. The van der Waals surface area contributed by atoms with E-state index in [1.165, 1.54) is 6.26 Å². The Balaban J connectivity index is 1.41. The van der Waals surface area contributed by atoms with E-state index in [9.17, 15) is 10.1 Å². The third kappa shape index (κ3) is 4.19. The van der Waals surface area contributed by atoms with Gasteiger partial charge in [0.25, 0.3) is 5.89 Å². The molecule has 1 saturated heterocycles. The fraction of sp³-hybridized carbons (Fsp3) is 0.318. The molecule has 0 atom stereocenters. The summed E-state index contributed by atoms with van der Waals surface area (Å²) in [5.74, 6) is 2.09. The Labute approximate surface area is 179 Å². The van der Waals surface area contributed by atoms with Gasteiger partial charge >= 0.3 is 0 Å². The van der Waals surface area contributed by atoms with Gasteiger partial charge in [0.2, 0.25) is 17.5 Å². The van der Waals surface area contributed by atoms with Crippen molar-refractivity contribution in [3.8, 4) is 29.2 Å². The molecular weight excluding hydrogens is 400 g/mol. The molecule has 0 bridgehead atoms. The standard InChI is InChI=1S/C22H22N4O5/c1-28-15-5-6-16(19(12-15)29-2)24-20(27)14-7-9-26(10-8-14)22-17(13-23)25-21(31-22)18-4-3-11-30-18/h3-6,11-12,14H,7-10H2,1-2H3,(H,24,27). The highest BCUT2D eigenvalue weighted by atomic mass is 16.5. The van der Waals surface area contributed by atoms with Crippen LogP contribution in [0.2, 0.25) is 0 Å². The molecule has 3 aromatic rings. The van der Waals surface area contributed by atoms with Gasteiger partial charge in [0.1, 0.15) is 17.6 Å². The molecule has 31 heavy (non-hydrogen) atoms. The summed E-state index contributed by atoms with van der Waals surface area (Å²) < 4.78 is 21.6. The minimum absolute atomic E-state index is 0.0718. The smallest absolute Gasteiger partial charge is 0.266 e. The van der Waals surface area contributed by atoms with Gasteiger partial charge in [-0.05, 0) is 37.1 Å². The maximum atomic E-state index is 12.8. The zero-order valence-electron chi connectivity index (χ0n) is 17.3. The van der Waals surface area contributed by atoms with Gasteiger partial charge in [0.15, 0.2) is 5.76 Å². The van der Waals surface area contributed by atoms with Crippen LogP contribution in [0.4, 0.5) is 11.6 Å². The monoisotopic (exact) mass is 422 g/mol. The van der Waals surface area contributed by atoms with Crippen molar-refractivity contribution in [2.24, 2.45) is 5.92 Å². The Bertz CT molecular complexity index is 1090. The molecular formula is C22H22N4O5. The maximum absolute atomic E-state index is 12.8. The molecule has 1 N–H and O–H groups in total. The molecule has 3 heterocycles. The fourth-order valence-corrected chi connectivity index (χ4v) is 3.59. The van der Waals surface area contributed by atoms with E-state index in [2.05, 4.69) is 16.4 Å². The predicted octanol–water partition coefficient (Wildman–Crippen LogP) is 3.68. The van der Waals surface area contributed by atoms with Gasteiger partial charge in [-0.1, -0.05) is 0 Å². The third-order valence-electron chi connectivity index (χ3n) is 5.27. The number of furan rings is 1. The molecule has 0 spiro atoms. The highest BCUT2D eigenvalue weighted by Crippen LogP contribution is 2.33. The van der Waals surface area contributed by atoms with Crippen molar-refractivity contribution >= 4 is 17.5 Å². The van der Waals surface area contributed by atoms with Crippen LogP contribution in [0.1, 0.15) is 18.5 Å². The van der Waals surface area contributed by atoms with Crippen molar-refractivity contribution in [2.75, 3.05) is 37.5 Å². The van der Waals surface area contributed by atoms with E-state index in [4.69, 9.17) is 18.3 Å². The normalized spacial score (nSPS) is 14.2. The second kappa shape index (κ2) is 8.83. The zero-order valence-corrected chi connectivity index (χ0v) is 17.3. The highest BCUT2D eigenvalue weighted by molar-refractivity contribution is 5.94. The molecule has 1 aliphatic rings. The zero-order chi connectivity index (χ0) is 21.8. The summed E-state index contributed by atoms with van der Waals surface area (Å²) in [7, 11) is 3.12. The summed E-state index contributed by atoms with van der Waals surface area (Å²) in [5.41, 5.74) is 0.804. The van der Waals surface area contributed by atoms with Crippen LogP contribution in [0.25, 0.3) is 11.7 Å². The van der Waals surface area contributed by atoms with Gasteiger partial charge in [-0.25, -0.2) is 0 Å². The molecule has 0 aliphatic carbocycles. The van der Waals surface area contributed by atoms with Crippen LogP contribution in [-0.2, 0) is 4.79 Å². The first kappa shape index (κ1) is 20.3. The molecule has 1 amide bonds. The lowest BCUT2D eigenvalue weighted by atomic mass is 9.95. The van der Waals surface area contributed by atoms with Crippen molar-refractivity contribution < 1.29 is 23.1 Å². The fourth-order valence-electron chi connectivity index (χ4n) is 3.59. The molecule has 0 saturated carbocycles. The molecule has 0 unspecified atom stereocenters.